The summed E-state index contributed by atoms with van der Waals surface area (Å²) in [6.07, 6.45) is 1.07. The average Bonchev–Trinajstić information content (AvgIpc) is 2.87. The maximum Gasteiger partial charge on any atom is 0.339 e. The van der Waals surface area contributed by atoms with E-state index in [0.29, 0.717) is 10.6 Å². The quantitative estimate of drug-likeness (QED) is 0.880. The van der Waals surface area contributed by atoms with Gasteiger partial charge in [0.2, 0.25) is 0 Å². The monoisotopic (exact) mass is 357 g/mol. The van der Waals surface area contributed by atoms with Crippen molar-refractivity contribution in [3.8, 4) is 0 Å². The lowest BCUT2D eigenvalue weighted by atomic mass is 10.0. The van der Waals surface area contributed by atoms with E-state index in [9.17, 15) is 18.3 Å². The number of carbonyl (C=O) groups is 1. The number of rotatable bonds is 5. The maximum atomic E-state index is 12.3. The Morgan fingerprint density at radius 1 is 1.39 bits per heavy atom. The van der Waals surface area contributed by atoms with Crippen LogP contribution in [0.2, 0.25) is 5.02 Å². The molecule has 0 saturated heterocycles. The van der Waals surface area contributed by atoms with Gasteiger partial charge in [-0.3, -0.25) is 0 Å². The fourth-order valence-corrected chi connectivity index (χ4v) is 3.17. The Morgan fingerprint density at radius 2 is 2.04 bits per heavy atom. The molecule has 0 aliphatic heterocycles. The molecule has 1 aromatic heterocycles. The molecule has 0 bridgehead atoms. The highest BCUT2D eigenvalue weighted by atomic mass is 35.5. The van der Waals surface area contributed by atoms with Gasteiger partial charge in [-0.2, -0.15) is 17.8 Å². The molecule has 7 nitrogen and oxygen atoms in total. The molecule has 124 valence electrons. The van der Waals surface area contributed by atoms with Crippen LogP contribution in [0.15, 0.2) is 24.4 Å². The molecule has 2 rings (SSSR count). The summed E-state index contributed by atoms with van der Waals surface area (Å²) >= 11 is 6.14. The number of benzene rings is 1. The van der Waals surface area contributed by atoms with E-state index in [-0.39, 0.29) is 17.7 Å². The van der Waals surface area contributed by atoms with Gasteiger partial charge in [-0.1, -0.05) is 29.3 Å². The molecule has 9 heteroatoms. The zero-order valence-corrected chi connectivity index (χ0v) is 14.4. The van der Waals surface area contributed by atoms with Gasteiger partial charge in [0.1, 0.15) is 5.56 Å². The molecular weight excluding hydrogens is 342 g/mol. The first-order chi connectivity index (χ1) is 10.6. The van der Waals surface area contributed by atoms with Gasteiger partial charge >= 0.3 is 16.2 Å². The van der Waals surface area contributed by atoms with Gasteiger partial charge in [-0.25, -0.2) is 4.79 Å². The summed E-state index contributed by atoms with van der Waals surface area (Å²) in [5.74, 6) is -1.25. The van der Waals surface area contributed by atoms with Gasteiger partial charge in [-0.15, -0.1) is 4.09 Å². The Balaban J connectivity index is 2.62. The predicted octanol–water partition coefficient (Wildman–Crippen LogP) is 1.79. The smallest absolute Gasteiger partial charge is 0.339 e. The Morgan fingerprint density at radius 3 is 2.61 bits per heavy atom. The molecule has 23 heavy (non-hydrogen) atoms. The number of aromatic nitrogens is 2. The highest BCUT2D eigenvalue weighted by molar-refractivity contribution is 7.87. The standard InChI is InChI=1S/C14H16ClN3O4S/c1-9-4-5-12(15)10(6-9)7-13-11(14(19)20)8-16-18(13)23(21,22)17(2)3/h4-6,8H,7H2,1-3H3,(H,19,20). The van der Waals surface area contributed by atoms with Crippen LogP contribution >= 0.6 is 11.6 Å². The summed E-state index contributed by atoms with van der Waals surface area (Å²) in [5, 5.41) is 13.5. The highest BCUT2D eigenvalue weighted by Gasteiger charge is 2.26. The van der Waals surface area contributed by atoms with Gasteiger partial charge < -0.3 is 5.11 Å². The van der Waals surface area contributed by atoms with Crippen molar-refractivity contribution in [2.45, 2.75) is 13.3 Å². The lowest BCUT2D eigenvalue weighted by Crippen LogP contribution is -2.31. The fraction of sp³-hybridized carbons (Fsp3) is 0.286. The molecule has 0 atom stereocenters. The van der Waals surface area contributed by atoms with Crippen molar-refractivity contribution < 1.29 is 18.3 Å². The third-order valence-electron chi connectivity index (χ3n) is 3.30. The highest BCUT2D eigenvalue weighted by Crippen LogP contribution is 2.23. The first-order valence-electron chi connectivity index (χ1n) is 6.63. The second-order valence-electron chi connectivity index (χ2n) is 5.21. The molecule has 2 aromatic rings. The van der Waals surface area contributed by atoms with Gasteiger partial charge in [0, 0.05) is 25.5 Å². The summed E-state index contributed by atoms with van der Waals surface area (Å²) in [6, 6.07) is 5.29. The molecule has 1 heterocycles. The van der Waals surface area contributed by atoms with Crippen LogP contribution in [-0.4, -0.2) is 47.1 Å². The lowest BCUT2D eigenvalue weighted by molar-refractivity contribution is 0.0696. The second-order valence-corrected chi connectivity index (χ2v) is 7.59. The Bertz CT molecular complexity index is 859. The minimum atomic E-state index is -3.93. The summed E-state index contributed by atoms with van der Waals surface area (Å²) in [7, 11) is -1.23. The maximum absolute atomic E-state index is 12.3. The van der Waals surface area contributed by atoms with Crippen molar-refractivity contribution in [1.82, 2.24) is 13.5 Å². The van der Waals surface area contributed by atoms with E-state index in [1.54, 1.807) is 12.1 Å². The van der Waals surface area contributed by atoms with Gasteiger partial charge in [0.15, 0.2) is 0 Å². The summed E-state index contributed by atoms with van der Waals surface area (Å²) in [5.41, 5.74) is 1.44. The molecule has 1 N–H and O–H groups in total. The number of halogens is 1. The number of hydrogen-bond donors (Lipinski definition) is 1. The van der Waals surface area contributed by atoms with E-state index in [1.807, 2.05) is 13.0 Å². The van der Waals surface area contributed by atoms with E-state index < -0.39 is 16.2 Å². The summed E-state index contributed by atoms with van der Waals surface area (Å²) < 4.78 is 26.4. The number of aromatic carboxylic acids is 1. The van der Waals surface area contributed by atoms with E-state index in [1.165, 1.54) is 14.1 Å². The summed E-state index contributed by atoms with van der Waals surface area (Å²) in [6.45, 7) is 1.87. The largest absolute Gasteiger partial charge is 0.478 e. The van der Waals surface area contributed by atoms with E-state index >= 15 is 0 Å². The van der Waals surface area contributed by atoms with Crippen molar-refractivity contribution >= 4 is 27.8 Å². The molecular formula is C14H16ClN3O4S. The number of carboxylic acid groups (broad SMARTS) is 1. The number of hydrogen-bond acceptors (Lipinski definition) is 4. The Hall–Kier alpha value is -1.90. The predicted molar refractivity (Wildman–Crippen MR) is 86.2 cm³/mol. The van der Waals surface area contributed by atoms with Gasteiger partial charge in [-0.05, 0) is 18.6 Å². The van der Waals surface area contributed by atoms with Gasteiger partial charge in [0.05, 0.1) is 11.9 Å². The molecule has 0 saturated carbocycles. The lowest BCUT2D eigenvalue weighted by Gasteiger charge is -2.15. The molecule has 0 amide bonds. The van der Waals surface area contributed by atoms with Crippen LogP contribution in [0.25, 0.3) is 0 Å². The van der Waals surface area contributed by atoms with Crippen molar-refractivity contribution in [1.29, 1.82) is 0 Å². The Labute approximate surface area is 139 Å². The minimum Gasteiger partial charge on any atom is -0.478 e. The van der Waals surface area contributed by atoms with Crippen LogP contribution < -0.4 is 0 Å². The topological polar surface area (TPSA) is 92.5 Å². The Kier molecular flexibility index (Phi) is 4.79. The van der Waals surface area contributed by atoms with Crippen LogP contribution in [0.5, 0.6) is 0 Å². The number of aryl methyl sites for hydroxylation is 1. The third-order valence-corrected chi connectivity index (χ3v) is 5.35. The molecule has 1 aromatic carbocycles. The zero-order chi connectivity index (χ0) is 17.4. The van der Waals surface area contributed by atoms with E-state index in [0.717, 1.165) is 20.2 Å². The van der Waals surface area contributed by atoms with Gasteiger partial charge in [0.25, 0.3) is 0 Å². The third kappa shape index (κ3) is 3.39. The van der Waals surface area contributed by atoms with Crippen LogP contribution in [0.1, 0.15) is 27.2 Å². The van der Waals surface area contributed by atoms with Crippen molar-refractivity contribution in [3.63, 3.8) is 0 Å². The van der Waals surface area contributed by atoms with Crippen molar-refractivity contribution in [3.05, 3.63) is 51.8 Å². The number of carboxylic acids is 1. The average molecular weight is 358 g/mol. The number of nitrogens with zero attached hydrogens (tertiary/aromatic N) is 3. The molecule has 0 unspecified atom stereocenters. The zero-order valence-electron chi connectivity index (χ0n) is 12.8. The fourth-order valence-electron chi connectivity index (χ4n) is 2.07. The van der Waals surface area contributed by atoms with Crippen LogP contribution in [0.4, 0.5) is 0 Å². The second kappa shape index (κ2) is 6.31. The molecule has 0 radical (unpaired) electrons. The summed E-state index contributed by atoms with van der Waals surface area (Å²) in [4.78, 5) is 11.4. The normalized spacial score (nSPS) is 11.9. The minimum absolute atomic E-state index is 0.0369. The SMILES string of the molecule is Cc1ccc(Cl)c(Cc2c(C(=O)O)cnn2S(=O)(=O)N(C)C)c1. The molecule has 0 aliphatic rings. The van der Waals surface area contributed by atoms with E-state index in [4.69, 9.17) is 11.6 Å². The van der Waals surface area contributed by atoms with Crippen LogP contribution in [0, 0.1) is 6.92 Å². The van der Waals surface area contributed by atoms with Crippen LogP contribution in [0.3, 0.4) is 0 Å². The van der Waals surface area contributed by atoms with Crippen LogP contribution in [-0.2, 0) is 16.6 Å². The van der Waals surface area contributed by atoms with Crippen molar-refractivity contribution in [2.75, 3.05) is 14.1 Å². The first kappa shape index (κ1) is 17.5. The van der Waals surface area contributed by atoms with E-state index in [2.05, 4.69) is 5.10 Å². The molecule has 0 aliphatic carbocycles. The first-order valence-corrected chi connectivity index (χ1v) is 8.40. The molecule has 0 spiro atoms. The molecule has 0 fully saturated rings. The van der Waals surface area contributed by atoms with Crippen molar-refractivity contribution in [2.24, 2.45) is 0 Å².